The molecule has 0 aliphatic heterocycles. The second-order valence-corrected chi connectivity index (χ2v) is 8.20. The van der Waals surface area contributed by atoms with E-state index < -0.39 is 0 Å². The van der Waals surface area contributed by atoms with Gasteiger partial charge >= 0.3 is 0 Å². The fraction of sp³-hybridized carbons (Fsp3) is 1.00. The third-order valence-corrected chi connectivity index (χ3v) is 0. The van der Waals surface area contributed by atoms with E-state index in [1.165, 1.54) is 0 Å². The summed E-state index contributed by atoms with van der Waals surface area (Å²) in [5.41, 5.74) is 0. The third kappa shape index (κ3) is 740. The summed E-state index contributed by atoms with van der Waals surface area (Å²) >= 11 is 0. The lowest BCUT2D eigenvalue weighted by molar-refractivity contribution is 0.804. The van der Waals surface area contributed by atoms with E-state index in [0.29, 0.717) is 10.3 Å². The molecule has 64 valence electrons. The molecule has 0 aliphatic carbocycles. The Labute approximate surface area is 71.0 Å². The number of hydrogen-bond donors (Lipinski definition) is 0. The largest absolute Gasteiger partial charge is 0.132 e. The van der Waals surface area contributed by atoms with Crippen LogP contribution >= 0.6 is 18.5 Å². The molecule has 0 spiro atoms. The lowest BCUT2D eigenvalue weighted by atomic mass is 10.3. The molecule has 0 aromatic heterocycles. The van der Waals surface area contributed by atoms with Crippen molar-refractivity contribution in [3.8, 4) is 0 Å². The molecule has 0 saturated heterocycles. The molecule has 0 saturated carbocycles. The van der Waals surface area contributed by atoms with Gasteiger partial charge in [-0.3, -0.25) is 0 Å². The molecule has 0 heterocycles. The molecule has 0 rings (SSSR count). The Kier molecular flexibility index (Phi) is 6.29. The van der Waals surface area contributed by atoms with Crippen molar-refractivity contribution in [2.75, 3.05) is 0 Å². The van der Waals surface area contributed by atoms with Crippen LogP contribution < -0.4 is 0 Å². The van der Waals surface area contributed by atoms with Gasteiger partial charge in [-0.15, -0.1) is 18.5 Å². The molecule has 0 nitrogen and oxygen atoms in total. The maximum absolute atomic E-state index is 2.72. The first-order chi connectivity index (χ1) is 4.00. The summed E-state index contributed by atoms with van der Waals surface area (Å²) in [5.74, 6) is 0. The van der Waals surface area contributed by atoms with Crippen LogP contribution in [0.2, 0.25) is 0 Å². The van der Waals surface area contributed by atoms with Gasteiger partial charge in [0.2, 0.25) is 0 Å². The van der Waals surface area contributed by atoms with E-state index in [9.17, 15) is 0 Å². The lowest BCUT2D eigenvalue weighted by Gasteiger charge is -2.05. The van der Waals surface area contributed by atoms with Crippen molar-refractivity contribution in [2.45, 2.75) is 51.9 Å². The first-order valence-corrected chi connectivity index (χ1v) is 4.73. The zero-order valence-corrected chi connectivity index (χ0v) is 10.5. The van der Waals surface area contributed by atoms with Gasteiger partial charge in [0.15, 0.2) is 0 Å². The highest BCUT2D eigenvalue weighted by atomic mass is 31.0. The predicted octanol–water partition coefficient (Wildman–Crippen LogP) is 3.32. The summed E-state index contributed by atoms with van der Waals surface area (Å²) in [5, 5.41) is 0.833. The van der Waals surface area contributed by atoms with E-state index in [1.807, 2.05) is 0 Å². The Morgan fingerprint density at radius 1 is 0.600 bits per heavy atom. The van der Waals surface area contributed by atoms with Crippen LogP contribution in [-0.2, 0) is 0 Å². The van der Waals surface area contributed by atoms with Crippen LogP contribution in [0.1, 0.15) is 41.5 Å². The zero-order valence-electron chi connectivity index (χ0n) is 8.15. The molecule has 0 bridgehead atoms. The summed E-state index contributed by atoms with van der Waals surface area (Å²) in [6.45, 7) is 12.9. The van der Waals surface area contributed by atoms with Gasteiger partial charge in [0.05, 0.1) is 0 Å². The topological polar surface area (TPSA) is 0 Å². The van der Waals surface area contributed by atoms with Crippen molar-refractivity contribution in [3.63, 3.8) is 0 Å². The van der Waals surface area contributed by atoms with Gasteiger partial charge in [-0.05, 0) is 10.3 Å². The molecule has 0 amide bonds. The highest BCUT2D eigenvalue weighted by molar-refractivity contribution is 7.18. The Hall–Kier alpha value is 0.860. The highest BCUT2D eigenvalue weighted by Crippen LogP contribution is 2.12. The van der Waals surface area contributed by atoms with Crippen LogP contribution in [-0.4, -0.2) is 10.3 Å². The van der Waals surface area contributed by atoms with Crippen LogP contribution in [0.15, 0.2) is 0 Å². The molecule has 0 radical (unpaired) electrons. The highest BCUT2D eigenvalue weighted by Gasteiger charge is 1.96. The Bertz CT molecular complexity index is 50.2. The van der Waals surface area contributed by atoms with Crippen LogP contribution in [0, 0.1) is 0 Å². The molecular formula is C8H22P2. The van der Waals surface area contributed by atoms with Crippen molar-refractivity contribution in [1.82, 2.24) is 0 Å². The minimum Gasteiger partial charge on any atom is -0.132 e. The van der Waals surface area contributed by atoms with E-state index in [-0.39, 0.29) is 0 Å². The Morgan fingerprint density at radius 2 is 0.600 bits per heavy atom. The second kappa shape index (κ2) is 4.68. The summed E-state index contributed by atoms with van der Waals surface area (Å²) < 4.78 is 0. The normalized spacial score (nSPS) is 12.0. The molecule has 2 heteroatoms. The summed E-state index contributed by atoms with van der Waals surface area (Å²) in [4.78, 5) is 0. The average Bonchev–Trinajstić information content (AvgIpc) is 1.12. The fourth-order valence-corrected chi connectivity index (χ4v) is 0. The SMILES string of the molecule is CC(C)(C)P.CC(C)(C)P. The van der Waals surface area contributed by atoms with E-state index in [2.05, 4.69) is 60.0 Å². The van der Waals surface area contributed by atoms with E-state index in [1.54, 1.807) is 0 Å². The van der Waals surface area contributed by atoms with Crippen LogP contribution in [0.25, 0.3) is 0 Å². The van der Waals surface area contributed by atoms with Crippen molar-refractivity contribution >= 4 is 18.5 Å². The van der Waals surface area contributed by atoms with Crippen molar-refractivity contribution < 1.29 is 0 Å². The van der Waals surface area contributed by atoms with Gasteiger partial charge in [0, 0.05) is 0 Å². The molecule has 0 aliphatic rings. The molecule has 0 fully saturated rings. The van der Waals surface area contributed by atoms with Gasteiger partial charge in [-0.2, -0.15) is 0 Å². The first-order valence-electron chi connectivity index (χ1n) is 3.58. The van der Waals surface area contributed by atoms with Gasteiger partial charge < -0.3 is 0 Å². The maximum Gasteiger partial charge on any atom is -0.0235 e. The lowest BCUT2D eigenvalue weighted by Crippen LogP contribution is -1.97. The average molecular weight is 180 g/mol. The zero-order chi connectivity index (χ0) is 9.00. The monoisotopic (exact) mass is 180 g/mol. The predicted molar refractivity (Wildman–Crippen MR) is 58.9 cm³/mol. The minimum atomic E-state index is 0.417. The fourth-order valence-electron chi connectivity index (χ4n) is 0. The maximum atomic E-state index is 2.72. The molecule has 2 atom stereocenters. The van der Waals surface area contributed by atoms with Gasteiger partial charge in [0.25, 0.3) is 0 Å². The first kappa shape index (κ1) is 13.4. The second-order valence-electron chi connectivity index (χ2n) is 4.73. The quantitative estimate of drug-likeness (QED) is 0.501. The third-order valence-electron chi connectivity index (χ3n) is 0. The van der Waals surface area contributed by atoms with Gasteiger partial charge in [0.1, 0.15) is 0 Å². The molecule has 10 heavy (non-hydrogen) atoms. The van der Waals surface area contributed by atoms with Gasteiger partial charge in [-0.25, -0.2) is 0 Å². The van der Waals surface area contributed by atoms with Crippen molar-refractivity contribution in [2.24, 2.45) is 0 Å². The van der Waals surface area contributed by atoms with E-state index in [0.717, 1.165) is 0 Å². The minimum absolute atomic E-state index is 0.417. The molecular weight excluding hydrogens is 158 g/mol. The standard InChI is InChI=1S/2C4H11P/c2*1-4(2,3)5/h2*5H2,1-3H3. The Balaban J connectivity index is 0. The summed E-state index contributed by atoms with van der Waals surface area (Å²) in [6.07, 6.45) is 0. The summed E-state index contributed by atoms with van der Waals surface area (Å²) in [7, 11) is 5.43. The molecule has 0 aromatic rings. The molecule has 0 N–H and O–H groups in total. The Morgan fingerprint density at radius 3 is 0.600 bits per heavy atom. The summed E-state index contributed by atoms with van der Waals surface area (Å²) in [6, 6.07) is 0. The van der Waals surface area contributed by atoms with Crippen molar-refractivity contribution in [3.05, 3.63) is 0 Å². The van der Waals surface area contributed by atoms with Crippen LogP contribution in [0.5, 0.6) is 0 Å². The molecule has 0 aromatic carbocycles. The van der Waals surface area contributed by atoms with E-state index in [4.69, 9.17) is 0 Å². The van der Waals surface area contributed by atoms with E-state index >= 15 is 0 Å². The van der Waals surface area contributed by atoms with Gasteiger partial charge in [-0.1, -0.05) is 41.5 Å². The number of hydrogen-bond acceptors (Lipinski definition) is 0. The molecule has 2 unspecified atom stereocenters. The van der Waals surface area contributed by atoms with Crippen LogP contribution in [0.4, 0.5) is 0 Å². The smallest absolute Gasteiger partial charge is 0.0235 e. The van der Waals surface area contributed by atoms with Crippen molar-refractivity contribution in [1.29, 1.82) is 0 Å². The van der Waals surface area contributed by atoms with Crippen LogP contribution in [0.3, 0.4) is 0 Å². The number of rotatable bonds is 0.